The lowest BCUT2D eigenvalue weighted by Gasteiger charge is -2.00. The monoisotopic (exact) mass is 134 g/mol. The summed E-state index contributed by atoms with van der Waals surface area (Å²) >= 11 is 3.84. The molecule has 3 heteroatoms. The quantitative estimate of drug-likeness (QED) is 0.543. The minimum atomic E-state index is -0.799. The highest BCUT2D eigenvalue weighted by atomic mass is 32.1. The fourth-order valence-corrected chi connectivity index (χ4v) is 0.570. The number of Topliss-reactive ketones (excluding diaryl/α,β-unsaturated/α-hetero) is 1. The van der Waals surface area contributed by atoms with Crippen molar-refractivity contribution < 1.29 is 9.90 Å². The van der Waals surface area contributed by atoms with Gasteiger partial charge in [0.25, 0.3) is 0 Å². The molecule has 0 aromatic heterocycles. The molecule has 0 heterocycles. The van der Waals surface area contributed by atoms with Crippen LogP contribution in [-0.4, -0.2) is 22.7 Å². The van der Waals surface area contributed by atoms with Gasteiger partial charge in [-0.05, 0) is 19.1 Å². The van der Waals surface area contributed by atoms with Crippen LogP contribution in [0.5, 0.6) is 0 Å². The molecule has 0 radical (unpaired) electrons. The van der Waals surface area contributed by atoms with Crippen LogP contribution in [-0.2, 0) is 4.79 Å². The first-order chi connectivity index (χ1) is 3.68. The normalized spacial score (nSPS) is 13.4. The number of aliphatic hydroxyl groups excluding tert-OH is 1. The number of aliphatic hydroxyl groups is 1. The summed E-state index contributed by atoms with van der Waals surface area (Å²) in [5.41, 5.74) is 0. The molecular formula is C5H10O2S. The summed E-state index contributed by atoms with van der Waals surface area (Å²) in [6, 6.07) is 0. The molecule has 0 aliphatic rings. The molecule has 0 bridgehead atoms. The van der Waals surface area contributed by atoms with Gasteiger partial charge < -0.3 is 5.11 Å². The standard InChI is InChI=1S/C5H10O2S/c1-4(6)5(7)2-3-8/h5,7-8H,2-3H2,1H3. The van der Waals surface area contributed by atoms with Crippen molar-refractivity contribution in [3.63, 3.8) is 0 Å². The summed E-state index contributed by atoms with van der Waals surface area (Å²) in [5.74, 6) is 0.375. The molecule has 8 heavy (non-hydrogen) atoms. The van der Waals surface area contributed by atoms with E-state index in [-0.39, 0.29) is 5.78 Å². The number of hydrogen-bond acceptors (Lipinski definition) is 3. The fourth-order valence-electron chi connectivity index (χ4n) is 0.326. The molecule has 0 fully saturated rings. The molecule has 0 rings (SSSR count). The van der Waals surface area contributed by atoms with Crippen molar-refractivity contribution in [2.24, 2.45) is 0 Å². The lowest BCUT2D eigenvalue weighted by atomic mass is 10.2. The third-order valence-electron chi connectivity index (χ3n) is 0.872. The summed E-state index contributed by atoms with van der Waals surface area (Å²) in [7, 11) is 0. The Morgan fingerprint density at radius 3 is 2.50 bits per heavy atom. The largest absolute Gasteiger partial charge is 0.385 e. The number of carbonyl (C=O) groups excluding carboxylic acids is 1. The van der Waals surface area contributed by atoms with E-state index in [1.165, 1.54) is 6.92 Å². The average molecular weight is 134 g/mol. The van der Waals surface area contributed by atoms with Gasteiger partial charge in [0.1, 0.15) is 6.10 Å². The second-order valence-corrected chi connectivity index (χ2v) is 2.09. The van der Waals surface area contributed by atoms with Gasteiger partial charge in [-0.25, -0.2) is 0 Å². The van der Waals surface area contributed by atoms with Crippen LogP contribution in [0, 0.1) is 0 Å². The molecule has 0 aromatic carbocycles. The van der Waals surface area contributed by atoms with Crippen LogP contribution >= 0.6 is 12.6 Å². The van der Waals surface area contributed by atoms with E-state index in [0.29, 0.717) is 12.2 Å². The zero-order valence-electron chi connectivity index (χ0n) is 4.79. The van der Waals surface area contributed by atoms with E-state index in [0.717, 1.165) is 0 Å². The van der Waals surface area contributed by atoms with Crippen LogP contribution in [0.3, 0.4) is 0 Å². The van der Waals surface area contributed by atoms with Gasteiger partial charge in [-0.2, -0.15) is 12.6 Å². The maximum absolute atomic E-state index is 10.2. The maximum Gasteiger partial charge on any atom is 0.158 e. The molecule has 0 amide bonds. The van der Waals surface area contributed by atoms with E-state index in [9.17, 15) is 4.79 Å². The molecule has 0 saturated heterocycles. The molecule has 0 spiro atoms. The molecule has 1 N–H and O–H groups in total. The molecule has 0 aliphatic carbocycles. The van der Waals surface area contributed by atoms with Gasteiger partial charge in [-0.1, -0.05) is 0 Å². The van der Waals surface area contributed by atoms with Gasteiger partial charge in [-0.3, -0.25) is 4.79 Å². The summed E-state index contributed by atoms with van der Waals surface area (Å²) in [6.07, 6.45) is -0.342. The topological polar surface area (TPSA) is 37.3 Å². The summed E-state index contributed by atoms with van der Waals surface area (Å²) in [4.78, 5) is 10.2. The first-order valence-electron chi connectivity index (χ1n) is 2.48. The molecule has 2 nitrogen and oxygen atoms in total. The van der Waals surface area contributed by atoms with Gasteiger partial charge in [0.2, 0.25) is 0 Å². The Labute approximate surface area is 54.3 Å². The number of ketones is 1. The van der Waals surface area contributed by atoms with E-state index in [1.54, 1.807) is 0 Å². The van der Waals surface area contributed by atoms with Crippen molar-refractivity contribution in [1.29, 1.82) is 0 Å². The second-order valence-electron chi connectivity index (χ2n) is 1.64. The Morgan fingerprint density at radius 2 is 2.38 bits per heavy atom. The Hall–Kier alpha value is -0.0200. The van der Waals surface area contributed by atoms with Crippen molar-refractivity contribution in [1.82, 2.24) is 0 Å². The molecule has 48 valence electrons. The van der Waals surface area contributed by atoms with E-state index in [4.69, 9.17) is 5.11 Å². The fraction of sp³-hybridized carbons (Fsp3) is 0.800. The van der Waals surface area contributed by atoms with Crippen LogP contribution in [0.4, 0.5) is 0 Å². The van der Waals surface area contributed by atoms with Crippen LogP contribution in [0.15, 0.2) is 0 Å². The Kier molecular flexibility index (Phi) is 3.91. The Bertz CT molecular complexity index is 82.5. The lowest BCUT2D eigenvalue weighted by molar-refractivity contribution is -0.124. The van der Waals surface area contributed by atoms with Crippen LogP contribution < -0.4 is 0 Å². The average Bonchev–Trinajstić information content (AvgIpc) is 1.67. The highest BCUT2D eigenvalue weighted by molar-refractivity contribution is 7.80. The first kappa shape index (κ1) is 7.98. The SMILES string of the molecule is CC(=O)C(O)CCS. The van der Waals surface area contributed by atoms with Crippen molar-refractivity contribution >= 4 is 18.4 Å². The molecule has 0 saturated carbocycles. The number of thiol groups is 1. The minimum Gasteiger partial charge on any atom is -0.385 e. The summed E-state index contributed by atoms with van der Waals surface area (Å²) in [5, 5.41) is 8.73. The molecular weight excluding hydrogens is 124 g/mol. The van der Waals surface area contributed by atoms with Crippen LogP contribution in [0.25, 0.3) is 0 Å². The zero-order valence-corrected chi connectivity index (χ0v) is 5.69. The van der Waals surface area contributed by atoms with E-state index in [1.807, 2.05) is 0 Å². The van der Waals surface area contributed by atoms with Gasteiger partial charge in [0, 0.05) is 0 Å². The van der Waals surface area contributed by atoms with Gasteiger partial charge in [-0.15, -0.1) is 0 Å². The summed E-state index contributed by atoms with van der Waals surface area (Å²) < 4.78 is 0. The smallest absolute Gasteiger partial charge is 0.158 e. The highest BCUT2D eigenvalue weighted by Crippen LogP contribution is 1.93. The first-order valence-corrected chi connectivity index (χ1v) is 3.11. The molecule has 1 unspecified atom stereocenters. The Balaban J connectivity index is 3.32. The van der Waals surface area contributed by atoms with Crippen LogP contribution in [0.1, 0.15) is 13.3 Å². The van der Waals surface area contributed by atoms with Crippen LogP contribution in [0.2, 0.25) is 0 Å². The molecule has 1 atom stereocenters. The van der Waals surface area contributed by atoms with Crippen molar-refractivity contribution in [3.05, 3.63) is 0 Å². The van der Waals surface area contributed by atoms with E-state index >= 15 is 0 Å². The number of carbonyl (C=O) groups is 1. The van der Waals surface area contributed by atoms with Crippen molar-refractivity contribution in [2.45, 2.75) is 19.4 Å². The van der Waals surface area contributed by atoms with Gasteiger partial charge in [0.15, 0.2) is 5.78 Å². The third kappa shape index (κ3) is 3.04. The van der Waals surface area contributed by atoms with Gasteiger partial charge in [0.05, 0.1) is 0 Å². The predicted molar refractivity (Wildman–Crippen MR) is 35.2 cm³/mol. The summed E-state index contributed by atoms with van der Waals surface area (Å²) in [6.45, 7) is 1.37. The van der Waals surface area contributed by atoms with Gasteiger partial charge >= 0.3 is 0 Å². The lowest BCUT2D eigenvalue weighted by Crippen LogP contribution is -2.16. The minimum absolute atomic E-state index is 0.181. The number of rotatable bonds is 3. The highest BCUT2D eigenvalue weighted by Gasteiger charge is 2.06. The zero-order chi connectivity index (χ0) is 6.57. The molecule has 0 aliphatic heterocycles. The number of hydrogen-bond donors (Lipinski definition) is 2. The predicted octanol–water partition coefficient (Wildman–Crippen LogP) is 0.256. The molecule has 0 aromatic rings. The maximum atomic E-state index is 10.2. The van der Waals surface area contributed by atoms with E-state index in [2.05, 4.69) is 12.6 Å². The van der Waals surface area contributed by atoms with E-state index < -0.39 is 6.10 Å². The second kappa shape index (κ2) is 3.92. The van der Waals surface area contributed by atoms with Crippen molar-refractivity contribution in [3.8, 4) is 0 Å². The van der Waals surface area contributed by atoms with Crippen molar-refractivity contribution in [2.75, 3.05) is 5.75 Å². The third-order valence-corrected chi connectivity index (χ3v) is 1.13. The Morgan fingerprint density at radius 1 is 1.88 bits per heavy atom.